The number of nitrogens with one attached hydrogen (secondary N) is 2. The summed E-state index contributed by atoms with van der Waals surface area (Å²) in [6.07, 6.45) is 4.28. The molecule has 1 aromatic rings. The summed E-state index contributed by atoms with van der Waals surface area (Å²) in [6.45, 7) is 1.04. The van der Waals surface area contributed by atoms with Crippen molar-refractivity contribution in [2.45, 2.75) is 44.7 Å². The van der Waals surface area contributed by atoms with Gasteiger partial charge in [-0.1, -0.05) is 0 Å². The van der Waals surface area contributed by atoms with Crippen molar-refractivity contribution in [1.29, 1.82) is 0 Å². The van der Waals surface area contributed by atoms with Crippen LogP contribution < -0.4 is 5.32 Å². The van der Waals surface area contributed by atoms with Crippen molar-refractivity contribution in [3.05, 3.63) is 17.0 Å². The fraction of sp³-hybridized carbons (Fsp3) is 0.733. The van der Waals surface area contributed by atoms with Gasteiger partial charge in [0.05, 0.1) is 23.7 Å². The number of aromatic amines is 1. The van der Waals surface area contributed by atoms with Gasteiger partial charge >= 0.3 is 0 Å². The molecular formula is C15H24N4O3S. The van der Waals surface area contributed by atoms with E-state index in [1.165, 1.54) is 11.3 Å². The minimum atomic E-state index is -2.88. The molecule has 0 spiro atoms. The Kier molecular flexibility index (Phi) is 4.72. The van der Waals surface area contributed by atoms with Gasteiger partial charge in [-0.25, -0.2) is 8.42 Å². The Labute approximate surface area is 136 Å². The van der Waals surface area contributed by atoms with E-state index in [4.69, 9.17) is 0 Å². The second kappa shape index (κ2) is 6.60. The number of hydrogen-bond acceptors (Lipinski definition) is 5. The number of hydrogen-bond donors (Lipinski definition) is 2. The molecule has 0 unspecified atom stereocenters. The van der Waals surface area contributed by atoms with E-state index >= 15 is 0 Å². The lowest BCUT2D eigenvalue weighted by Crippen LogP contribution is -2.36. The molecule has 0 radical (unpaired) electrons. The molecule has 3 rings (SSSR count). The van der Waals surface area contributed by atoms with Crippen LogP contribution in [-0.4, -0.2) is 60.6 Å². The first-order valence-electron chi connectivity index (χ1n) is 8.17. The third kappa shape index (κ3) is 3.92. The van der Waals surface area contributed by atoms with E-state index in [0.29, 0.717) is 25.9 Å². The fourth-order valence-corrected chi connectivity index (χ4v) is 5.19. The number of H-pyrrole nitrogens is 1. The lowest BCUT2D eigenvalue weighted by Gasteiger charge is -2.22. The van der Waals surface area contributed by atoms with Crippen LogP contribution in [0.4, 0.5) is 0 Å². The summed E-state index contributed by atoms with van der Waals surface area (Å²) in [6, 6.07) is 0.0439. The van der Waals surface area contributed by atoms with Crippen molar-refractivity contribution < 1.29 is 13.2 Å². The van der Waals surface area contributed by atoms with Crippen LogP contribution in [0.25, 0.3) is 0 Å². The van der Waals surface area contributed by atoms with Gasteiger partial charge in [0.25, 0.3) is 0 Å². The maximum Gasteiger partial charge on any atom is 0.221 e. The Hall–Kier alpha value is -1.41. The van der Waals surface area contributed by atoms with Crippen LogP contribution in [0.1, 0.15) is 36.2 Å². The molecule has 0 saturated carbocycles. The van der Waals surface area contributed by atoms with Crippen LogP contribution in [0.5, 0.6) is 0 Å². The number of carbonyl (C=O) groups excluding carboxylic acids is 1. The minimum absolute atomic E-state index is 0.0209. The SMILES string of the molecule is CN(CCC(=O)NCc1n[nH]c2c1CCC2)[C@@H]1CCS(=O)(=O)C1. The molecule has 1 amide bonds. The summed E-state index contributed by atoms with van der Waals surface area (Å²) in [7, 11) is -0.990. The highest BCUT2D eigenvalue weighted by Crippen LogP contribution is 2.22. The van der Waals surface area contributed by atoms with Crippen molar-refractivity contribution in [2.24, 2.45) is 0 Å². The summed E-state index contributed by atoms with van der Waals surface area (Å²) in [5, 5.41) is 10.2. The maximum atomic E-state index is 12.0. The standard InChI is InChI=1S/C15H24N4O3S/c1-19(11-6-8-23(21,22)10-11)7-5-15(20)16-9-14-12-3-2-4-13(12)17-18-14/h11H,2-10H2,1H3,(H,16,20)(H,17,18)/t11-/m1/s1. The Bertz CT molecular complexity index is 683. The number of aryl methyl sites for hydroxylation is 1. The third-order valence-corrected chi connectivity index (χ3v) is 6.62. The van der Waals surface area contributed by atoms with Gasteiger partial charge in [-0.3, -0.25) is 9.89 Å². The maximum absolute atomic E-state index is 12.0. The predicted molar refractivity (Wildman–Crippen MR) is 86.8 cm³/mol. The third-order valence-electron chi connectivity index (χ3n) is 4.87. The zero-order chi connectivity index (χ0) is 16.4. The molecule has 2 aliphatic rings. The zero-order valence-corrected chi connectivity index (χ0v) is 14.3. The van der Waals surface area contributed by atoms with E-state index in [-0.39, 0.29) is 23.5 Å². The summed E-state index contributed by atoms with van der Waals surface area (Å²) >= 11 is 0. The molecule has 8 heteroatoms. The Morgan fingerprint density at radius 3 is 3.00 bits per heavy atom. The smallest absolute Gasteiger partial charge is 0.221 e. The fourth-order valence-electron chi connectivity index (χ4n) is 3.39. The van der Waals surface area contributed by atoms with E-state index in [9.17, 15) is 13.2 Å². The zero-order valence-electron chi connectivity index (χ0n) is 13.5. The van der Waals surface area contributed by atoms with Gasteiger partial charge in [0.1, 0.15) is 0 Å². The highest BCUT2D eigenvalue weighted by Gasteiger charge is 2.30. The predicted octanol–water partition coefficient (Wildman–Crippen LogP) is 0.0236. The van der Waals surface area contributed by atoms with Crippen molar-refractivity contribution in [3.8, 4) is 0 Å². The Morgan fingerprint density at radius 1 is 1.43 bits per heavy atom. The highest BCUT2D eigenvalue weighted by molar-refractivity contribution is 7.91. The first-order valence-corrected chi connectivity index (χ1v) is 9.99. The molecule has 1 saturated heterocycles. The summed E-state index contributed by atoms with van der Waals surface area (Å²) in [5.41, 5.74) is 3.41. The lowest BCUT2D eigenvalue weighted by atomic mass is 10.2. The molecule has 1 aromatic heterocycles. The monoisotopic (exact) mass is 340 g/mol. The first kappa shape index (κ1) is 16.4. The van der Waals surface area contributed by atoms with E-state index in [2.05, 4.69) is 15.5 Å². The van der Waals surface area contributed by atoms with Gasteiger partial charge < -0.3 is 10.2 Å². The Balaban J connectivity index is 1.41. The number of aromatic nitrogens is 2. The van der Waals surface area contributed by atoms with Crippen molar-refractivity contribution in [3.63, 3.8) is 0 Å². The van der Waals surface area contributed by atoms with Crippen LogP contribution in [-0.2, 0) is 34.0 Å². The molecule has 2 heterocycles. The molecule has 23 heavy (non-hydrogen) atoms. The van der Waals surface area contributed by atoms with Crippen molar-refractivity contribution in [2.75, 3.05) is 25.1 Å². The summed E-state index contributed by atoms with van der Waals surface area (Å²) in [5.74, 6) is 0.454. The lowest BCUT2D eigenvalue weighted by molar-refractivity contribution is -0.121. The van der Waals surface area contributed by atoms with E-state index in [1.54, 1.807) is 0 Å². The van der Waals surface area contributed by atoms with Gasteiger partial charge in [0, 0.05) is 24.7 Å². The number of carbonyl (C=O) groups is 1. The molecule has 0 aromatic carbocycles. The molecule has 0 bridgehead atoms. The van der Waals surface area contributed by atoms with Gasteiger partial charge in [-0.2, -0.15) is 5.10 Å². The van der Waals surface area contributed by atoms with Crippen LogP contribution >= 0.6 is 0 Å². The van der Waals surface area contributed by atoms with Crippen LogP contribution in [0, 0.1) is 0 Å². The number of fused-ring (bicyclic) bond motifs is 1. The summed E-state index contributed by atoms with van der Waals surface area (Å²) < 4.78 is 23.0. The number of amides is 1. The molecule has 1 aliphatic heterocycles. The quantitative estimate of drug-likeness (QED) is 0.761. The first-order chi connectivity index (χ1) is 10.9. The molecule has 1 fully saturated rings. The molecule has 1 atom stereocenters. The average molecular weight is 340 g/mol. The second-order valence-electron chi connectivity index (χ2n) is 6.55. The van der Waals surface area contributed by atoms with Gasteiger partial charge in [-0.05, 0) is 38.3 Å². The number of sulfone groups is 1. The van der Waals surface area contributed by atoms with Gasteiger partial charge in [0.2, 0.25) is 5.91 Å². The van der Waals surface area contributed by atoms with E-state index in [0.717, 1.165) is 25.0 Å². The number of nitrogens with zero attached hydrogens (tertiary/aromatic N) is 2. The van der Waals surface area contributed by atoms with E-state index < -0.39 is 9.84 Å². The van der Waals surface area contributed by atoms with E-state index in [1.807, 2.05) is 11.9 Å². The van der Waals surface area contributed by atoms with Gasteiger partial charge in [0.15, 0.2) is 9.84 Å². The molecule has 2 N–H and O–H groups in total. The van der Waals surface area contributed by atoms with Crippen molar-refractivity contribution in [1.82, 2.24) is 20.4 Å². The second-order valence-corrected chi connectivity index (χ2v) is 8.77. The molecule has 128 valence electrons. The largest absolute Gasteiger partial charge is 0.350 e. The normalized spacial score (nSPS) is 22.4. The van der Waals surface area contributed by atoms with Crippen LogP contribution in [0.15, 0.2) is 0 Å². The topological polar surface area (TPSA) is 95.2 Å². The summed E-state index contributed by atoms with van der Waals surface area (Å²) in [4.78, 5) is 14.0. The number of rotatable bonds is 6. The Morgan fingerprint density at radius 2 is 2.26 bits per heavy atom. The minimum Gasteiger partial charge on any atom is -0.350 e. The highest BCUT2D eigenvalue weighted by atomic mass is 32.2. The van der Waals surface area contributed by atoms with Crippen LogP contribution in [0.2, 0.25) is 0 Å². The molecule has 7 nitrogen and oxygen atoms in total. The van der Waals surface area contributed by atoms with Crippen LogP contribution in [0.3, 0.4) is 0 Å². The van der Waals surface area contributed by atoms with Crippen molar-refractivity contribution >= 4 is 15.7 Å². The average Bonchev–Trinajstić information content (AvgIpc) is 3.18. The van der Waals surface area contributed by atoms with Gasteiger partial charge in [-0.15, -0.1) is 0 Å². The molecular weight excluding hydrogens is 316 g/mol. The molecule has 1 aliphatic carbocycles.